The normalized spacial score (nSPS) is 18.2. The van der Waals surface area contributed by atoms with Crippen LogP contribution in [0.3, 0.4) is 0 Å². The number of nitrogens with one attached hydrogen (secondary N) is 1. The van der Waals surface area contributed by atoms with Crippen molar-refractivity contribution in [3.63, 3.8) is 0 Å². The van der Waals surface area contributed by atoms with Gasteiger partial charge in [0.15, 0.2) is 0 Å². The molecule has 0 unspecified atom stereocenters. The van der Waals surface area contributed by atoms with Gasteiger partial charge in [-0.15, -0.1) is 0 Å². The molecule has 7 heteroatoms. The average molecular weight is 357 g/mol. The zero-order valence-corrected chi connectivity index (χ0v) is 15.0. The summed E-state index contributed by atoms with van der Waals surface area (Å²) < 4.78 is 0. The van der Waals surface area contributed by atoms with Crippen LogP contribution in [-0.2, 0) is 9.59 Å². The minimum Gasteiger partial charge on any atom is -0.340 e. The number of benzene rings is 1. The highest BCUT2D eigenvalue weighted by Crippen LogP contribution is 2.33. The molecule has 139 valence electrons. The van der Waals surface area contributed by atoms with Crippen molar-refractivity contribution in [2.24, 2.45) is 5.92 Å². The first-order valence-electron chi connectivity index (χ1n) is 9.21. The van der Waals surface area contributed by atoms with E-state index in [0.717, 1.165) is 42.5 Å². The Balaban J connectivity index is 1.80. The molecule has 1 aliphatic heterocycles. The fraction of sp³-hybridized carbons (Fsp3) is 0.526. The molecule has 7 nitrogen and oxygen atoms in total. The summed E-state index contributed by atoms with van der Waals surface area (Å²) in [5.74, 6) is 0.369. The molecule has 0 spiro atoms. The second-order valence-electron chi connectivity index (χ2n) is 6.82. The smallest absolute Gasteiger partial charge is 0.233 e. The van der Waals surface area contributed by atoms with E-state index in [4.69, 9.17) is 0 Å². The predicted octanol–water partition coefficient (Wildman–Crippen LogP) is 2.68. The molecule has 1 saturated heterocycles. The quantitative estimate of drug-likeness (QED) is 0.432. The molecule has 3 rings (SSSR count). The van der Waals surface area contributed by atoms with Gasteiger partial charge in [-0.05, 0) is 37.5 Å². The molecule has 26 heavy (non-hydrogen) atoms. The zero-order chi connectivity index (χ0) is 18.5. The summed E-state index contributed by atoms with van der Waals surface area (Å²) in [5.41, 5.74) is 1.77. The number of likely N-dealkylation sites (tertiary alicyclic amines) is 1. The molecule has 1 radical (unpaired) electrons. The first-order chi connectivity index (χ1) is 12.6. The number of carbonyl (C=O) groups is 2. The Morgan fingerprint density at radius 3 is 3.19 bits per heavy atom. The SMILES string of the molecule is CCCC[C@H](CN(O)C=O)C(=O)N1CCC[C@H]1c1nc2c[c]ccc2[nH]1. The average Bonchev–Trinajstić information content (AvgIpc) is 3.30. The molecule has 1 fully saturated rings. The Labute approximate surface area is 153 Å². The number of amides is 2. The highest BCUT2D eigenvalue weighted by atomic mass is 16.5. The molecule has 2 N–H and O–H groups in total. The maximum atomic E-state index is 13.1. The lowest BCUT2D eigenvalue weighted by atomic mass is 9.99. The van der Waals surface area contributed by atoms with E-state index in [9.17, 15) is 14.8 Å². The highest BCUT2D eigenvalue weighted by Gasteiger charge is 2.35. The Morgan fingerprint density at radius 2 is 2.46 bits per heavy atom. The third-order valence-corrected chi connectivity index (χ3v) is 4.98. The molecule has 1 aromatic heterocycles. The van der Waals surface area contributed by atoms with Gasteiger partial charge in [0.05, 0.1) is 29.5 Å². The molecule has 2 aromatic rings. The summed E-state index contributed by atoms with van der Waals surface area (Å²) in [7, 11) is 0. The number of hydroxylamine groups is 2. The monoisotopic (exact) mass is 357 g/mol. The number of hydrogen-bond donors (Lipinski definition) is 2. The van der Waals surface area contributed by atoms with E-state index in [1.165, 1.54) is 0 Å². The van der Waals surface area contributed by atoms with Gasteiger partial charge in [-0.25, -0.2) is 10.0 Å². The van der Waals surface area contributed by atoms with Crippen molar-refractivity contribution in [3.05, 3.63) is 30.1 Å². The fourth-order valence-electron chi connectivity index (χ4n) is 3.63. The van der Waals surface area contributed by atoms with Crippen LogP contribution in [0.5, 0.6) is 0 Å². The third kappa shape index (κ3) is 3.88. The number of nitrogens with zero attached hydrogens (tertiary/aromatic N) is 3. The van der Waals surface area contributed by atoms with Gasteiger partial charge in [0, 0.05) is 6.54 Å². The molecule has 0 bridgehead atoms. The van der Waals surface area contributed by atoms with Gasteiger partial charge in [0.2, 0.25) is 12.3 Å². The van der Waals surface area contributed by atoms with Crippen LogP contribution < -0.4 is 0 Å². The lowest BCUT2D eigenvalue weighted by molar-refractivity contribution is -0.157. The molecule has 1 aliphatic rings. The number of carbonyl (C=O) groups excluding carboxylic acids is 2. The van der Waals surface area contributed by atoms with E-state index in [1.807, 2.05) is 23.1 Å². The minimum absolute atomic E-state index is 0.0196. The summed E-state index contributed by atoms with van der Waals surface area (Å²) >= 11 is 0. The standard InChI is InChI=1S/C19H25N4O3/c1-2-3-7-14(12-22(26)13-24)19(25)23-11-6-10-17(23)18-20-15-8-4-5-9-16(15)21-18/h4,8-9,13-14,17,26H,2-3,6-7,10-12H2,1H3,(H,20,21)/t14-,17+/m1/s1. The summed E-state index contributed by atoms with van der Waals surface area (Å²) in [5, 5.41) is 10.1. The van der Waals surface area contributed by atoms with Gasteiger partial charge in [-0.3, -0.25) is 14.8 Å². The Morgan fingerprint density at radius 1 is 1.62 bits per heavy atom. The van der Waals surface area contributed by atoms with Gasteiger partial charge < -0.3 is 9.88 Å². The Hall–Kier alpha value is -2.41. The molecule has 2 atom stereocenters. The molecule has 1 aromatic carbocycles. The maximum Gasteiger partial charge on any atom is 0.233 e. The van der Waals surface area contributed by atoms with Gasteiger partial charge in [0.1, 0.15) is 5.82 Å². The van der Waals surface area contributed by atoms with Crippen molar-refractivity contribution in [2.75, 3.05) is 13.1 Å². The van der Waals surface area contributed by atoms with E-state index in [-0.39, 0.29) is 18.5 Å². The minimum atomic E-state index is -0.400. The number of aromatic nitrogens is 2. The number of imidazole rings is 1. The van der Waals surface area contributed by atoms with Crippen molar-refractivity contribution < 1.29 is 14.8 Å². The van der Waals surface area contributed by atoms with E-state index >= 15 is 0 Å². The second-order valence-corrected chi connectivity index (χ2v) is 6.82. The molecule has 0 aliphatic carbocycles. The largest absolute Gasteiger partial charge is 0.340 e. The van der Waals surface area contributed by atoms with E-state index in [1.54, 1.807) is 0 Å². The van der Waals surface area contributed by atoms with Crippen LogP contribution in [-0.4, -0.2) is 50.5 Å². The van der Waals surface area contributed by atoms with Crippen molar-refractivity contribution in [2.45, 2.75) is 45.1 Å². The van der Waals surface area contributed by atoms with E-state index < -0.39 is 5.92 Å². The number of aromatic amines is 1. The van der Waals surface area contributed by atoms with Gasteiger partial charge in [0.25, 0.3) is 0 Å². The Bertz CT molecular complexity index is 727. The molecule has 0 saturated carbocycles. The highest BCUT2D eigenvalue weighted by molar-refractivity contribution is 5.80. The van der Waals surface area contributed by atoms with Gasteiger partial charge in [-0.1, -0.05) is 25.8 Å². The van der Waals surface area contributed by atoms with E-state index in [0.29, 0.717) is 24.4 Å². The van der Waals surface area contributed by atoms with Gasteiger partial charge in [-0.2, -0.15) is 0 Å². The first-order valence-corrected chi connectivity index (χ1v) is 9.21. The number of unbranched alkanes of at least 4 members (excludes halogenated alkanes) is 1. The number of hydrogen-bond acceptors (Lipinski definition) is 4. The predicted molar refractivity (Wildman–Crippen MR) is 96.2 cm³/mol. The van der Waals surface area contributed by atoms with Crippen molar-refractivity contribution in [3.8, 4) is 0 Å². The lowest BCUT2D eigenvalue weighted by Gasteiger charge is -2.29. The van der Waals surface area contributed by atoms with Gasteiger partial charge >= 0.3 is 0 Å². The van der Waals surface area contributed by atoms with Crippen LogP contribution >= 0.6 is 0 Å². The fourth-order valence-corrected chi connectivity index (χ4v) is 3.63. The summed E-state index contributed by atoms with van der Waals surface area (Å²) in [6.07, 6.45) is 4.60. The van der Waals surface area contributed by atoms with Crippen LogP contribution in [0.2, 0.25) is 0 Å². The Kier molecular flexibility index (Phi) is 5.88. The summed E-state index contributed by atoms with van der Waals surface area (Å²) in [4.78, 5) is 33.7. The third-order valence-electron chi connectivity index (χ3n) is 4.98. The second kappa shape index (κ2) is 8.31. The molecule has 2 heterocycles. The number of rotatable bonds is 8. The topological polar surface area (TPSA) is 89.5 Å². The molecular weight excluding hydrogens is 332 g/mol. The first kappa shape index (κ1) is 18.4. The zero-order valence-electron chi connectivity index (χ0n) is 15.0. The number of fused-ring (bicyclic) bond motifs is 1. The van der Waals surface area contributed by atoms with Crippen LogP contribution in [0, 0.1) is 12.0 Å². The van der Waals surface area contributed by atoms with Crippen molar-refractivity contribution in [1.29, 1.82) is 0 Å². The maximum absolute atomic E-state index is 13.1. The van der Waals surface area contributed by atoms with Crippen LogP contribution in [0.15, 0.2) is 18.2 Å². The van der Waals surface area contributed by atoms with Crippen molar-refractivity contribution >= 4 is 23.4 Å². The van der Waals surface area contributed by atoms with Crippen LogP contribution in [0.1, 0.15) is 50.9 Å². The molecule has 2 amide bonds. The molecular formula is C19H25N4O3. The number of H-pyrrole nitrogens is 1. The lowest BCUT2D eigenvalue weighted by Crippen LogP contribution is -2.40. The van der Waals surface area contributed by atoms with E-state index in [2.05, 4.69) is 23.0 Å². The van der Waals surface area contributed by atoms with Crippen LogP contribution in [0.25, 0.3) is 11.0 Å². The summed E-state index contributed by atoms with van der Waals surface area (Å²) in [6, 6.07) is 8.50. The van der Waals surface area contributed by atoms with Crippen molar-refractivity contribution in [1.82, 2.24) is 19.9 Å². The van der Waals surface area contributed by atoms with Crippen LogP contribution in [0.4, 0.5) is 0 Å². The summed E-state index contributed by atoms with van der Waals surface area (Å²) in [6.45, 7) is 2.75.